The van der Waals surface area contributed by atoms with Crippen molar-refractivity contribution in [2.75, 3.05) is 19.6 Å². The molecule has 1 aliphatic heterocycles. The van der Waals surface area contributed by atoms with Gasteiger partial charge in [0, 0.05) is 30.4 Å². The second-order valence-electron chi connectivity index (χ2n) is 6.48. The van der Waals surface area contributed by atoms with Gasteiger partial charge in [0.15, 0.2) is 0 Å². The van der Waals surface area contributed by atoms with E-state index in [0.29, 0.717) is 12.5 Å². The van der Waals surface area contributed by atoms with Gasteiger partial charge in [-0.25, -0.2) is 4.98 Å². The predicted octanol–water partition coefficient (Wildman–Crippen LogP) is 3.23. The van der Waals surface area contributed by atoms with Crippen LogP contribution in [0.2, 0.25) is 0 Å². The monoisotopic (exact) mass is 323 g/mol. The molecule has 22 heavy (non-hydrogen) atoms. The lowest BCUT2D eigenvalue weighted by Crippen LogP contribution is -2.50. The molecule has 1 unspecified atom stereocenters. The van der Waals surface area contributed by atoms with Gasteiger partial charge < -0.3 is 10.6 Å². The molecule has 2 N–H and O–H groups in total. The number of thiazole rings is 1. The number of piperidine rings is 1. The zero-order valence-corrected chi connectivity index (χ0v) is 15.1. The highest BCUT2D eigenvalue weighted by Crippen LogP contribution is 2.34. The molecule has 0 spiro atoms. The van der Waals surface area contributed by atoms with Crippen molar-refractivity contribution >= 4 is 17.2 Å². The highest BCUT2D eigenvalue weighted by atomic mass is 32.1. The highest BCUT2D eigenvalue weighted by molar-refractivity contribution is 7.11. The fraction of sp³-hybridized carbons (Fsp3) is 0.765. The summed E-state index contributed by atoms with van der Waals surface area (Å²) < 4.78 is 0. The van der Waals surface area contributed by atoms with Crippen LogP contribution in [-0.2, 0) is 4.79 Å². The molecule has 1 atom stereocenters. The summed E-state index contributed by atoms with van der Waals surface area (Å²) >= 11 is 1.79. The number of nitrogens with zero attached hydrogens (tertiary/aromatic N) is 2. The molecular weight excluding hydrogens is 294 g/mol. The Morgan fingerprint density at radius 2 is 2.09 bits per heavy atom. The van der Waals surface area contributed by atoms with Crippen LogP contribution >= 0.6 is 11.3 Å². The summed E-state index contributed by atoms with van der Waals surface area (Å²) in [6.07, 6.45) is 3.82. The summed E-state index contributed by atoms with van der Waals surface area (Å²) in [7, 11) is 0. The number of carbonyl (C=O) groups is 1. The SMILES string of the molecule is CCC(CC)(CN)C(=O)N1CCCC(c2nc(C)c(C)s2)C1. The molecule has 1 aromatic rings. The van der Waals surface area contributed by atoms with E-state index in [1.807, 2.05) is 4.90 Å². The summed E-state index contributed by atoms with van der Waals surface area (Å²) in [6, 6.07) is 0. The normalized spacial score (nSPS) is 19.5. The standard InChI is InChI=1S/C17H29N3OS/c1-5-17(6-2,11-18)16(21)20-9-7-8-14(10-20)15-19-12(3)13(4)22-15/h14H,5-11,18H2,1-4H3. The van der Waals surface area contributed by atoms with Crippen LogP contribution in [0.15, 0.2) is 0 Å². The van der Waals surface area contributed by atoms with Gasteiger partial charge >= 0.3 is 0 Å². The molecule has 1 fully saturated rings. The minimum absolute atomic E-state index is 0.245. The van der Waals surface area contributed by atoms with Gasteiger partial charge in [0.25, 0.3) is 0 Å². The van der Waals surface area contributed by atoms with E-state index in [1.165, 1.54) is 9.88 Å². The third-order valence-corrected chi connectivity index (χ3v) is 6.54. The molecule has 1 aromatic heterocycles. The van der Waals surface area contributed by atoms with Gasteiger partial charge in [0.1, 0.15) is 0 Å². The zero-order chi connectivity index (χ0) is 16.3. The van der Waals surface area contributed by atoms with Gasteiger partial charge in [-0.1, -0.05) is 13.8 Å². The van der Waals surface area contributed by atoms with Crippen LogP contribution in [0.25, 0.3) is 0 Å². The van der Waals surface area contributed by atoms with Crippen molar-refractivity contribution in [3.63, 3.8) is 0 Å². The lowest BCUT2D eigenvalue weighted by molar-refractivity contribution is -0.143. The largest absolute Gasteiger partial charge is 0.341 e. The Morgan fingerprint density at radius 3 is 2.59 bits per heavy atom. The van der Waals surface area contributed by atoms with Crippen LogP contribution in [0.1, 0.15) is 61.0 Å². The van der Waals surface area contributed by atoms with E-state index in [4.69, 9.17) is 10.7 Å². The van der Waals surface area contributed by atoms with Gasteiger partial charge in [-0.05, 0) is 39.5 Å². The molecule has 2 heterocycles. The average Bonchev–Trinajstić information content (AvgIpc) is 2.89. The number of aromatic nitrogens is 1. The summed E-state index contributed by atoms with van der Waals surface area (Å²) in [6.45, 7) is 10.4. The third kappa shape index (κ3) is 3.20. The lowest BCUT2D eigenvalue weighted by atomic mass is 9.80. The smallest absolute Gasteiger partial charge is 0.230 e. The predicted molar refractivity (Wildman–Crippen MR) is 92.2 cm³/mol. The van der Waals surface area contributed by atoms with Gasteiger partial charge in [0.2, 0.25) is 5.91 Å². The molecule has 4 nitrogen and oxygen atoms in total. The van der Waals surface area contributed by atoms with E-state index in [2.05, 4.69) is 27.7 Å². The van der Waals surface area contributed by atoms with Gasteiger partial charge in [0.05, 0.1) is 16.1 Å². The van der Waals surface area contributed by atoms with Crippen molar-refractivity contribution in [3.05, 3.63) is 15.6 Å². The molecule has 2 rings (SSSR count). The van der Waals surface area contributed by atoms with Crippen molar-refractivity contribution in [2.24, 2.45) is 11.1 Å². The number of hydrogen-bond acceptors (Lipinski definition) is 4. The van der Waals surface area contributed by atoms with Crippen molar-refractivity contribution in [1.82, 2.24) is 9.88 Å². The minimum Gasteiger partial charge on any atom is -0.341 e. The maximum atomic E-state index is 13.0. The van der Waals surface area contributed by atoms with Crippen LogP contribution in [-0.4, -0.2) is 35.4 Å². The fourth-order valence-corrected chi connectivity index (χ4v) is 4.35. The first-order valence-electron chi connectivity index (χ1n) is 8.40. The van der Waals surface area contributed by atoms with E-state index in [0.717, 1.165) is 44.5 Å². The van der Waals surface area contributed by atoms with E-state index in [1.54, 1.807) is 11.3 Å². The molecule has 0 aliphatic carbocycles. The number of amides is 1. The molecule has 124 valence electrons. The van der Waals surface area contributed by atoms with Crippen LogP contribution in [0.4, 0.5) is 0 Å². The molecule has 5 heteroatoms. The Bertz CT molecular complexity index is 494. The fourth-order valence-electron chi connectivity index (χ4n) is 3.30. The van der Waals surface area contributed by atoms with Gasteiger partial charge in [-0.3, -0.25) is 4.79 Å². The average molecular weight is 324 g/mol. The van der Waals surface area contributed by atoms with Crippen LogP contribution < -0.4 is 5.73 Å². The van der Waals surface area contributed by atoms with E-state index < -0.39 is 0 Å². The molecule has 0 aromatic carbocycles. The molecule has 1 amide bonds. The number of rotatable bonds is 5. The van der Waals surface area contributed by atoms with E-state index >= 15 is 0 Å². The molecule has 0 bridgehead atoms. The Hall–Kier alpha value is -0.940. The van der Waals surface area contributed by atoms with Crippen LogP contribution in [0.3, 0.4) is 0 Å². The third-order valence-electron chi connectivity index (χ3n) is 5.30. The summed E-state index contributed by atoms with van der Waals surface area (Å²) in [5.74, 6) is 0.633. The summed E-state index contributed by atoms with van der Waals surface area (Å²) in [5, 5.41) is 1.19. The molecule has 0 saturated carbocycles. The second kappa shape index (κ2) is 7.09. The highest BCUT2D eigenvalue weighted by Gasteiger charge is 2.39. The van der Waals surface area contributed by atoms with Crippen LogP contribution in [0, 0.1) is 19.3 Å². The number of likely N-dealkylation sites (tertiary alicyclic amines) is 1. The van der Waals surface area contributed by atoms with Crippen molar-refractivity contribution in [2.45, 2.75) is 59.3 Å². The number of aryl methyl sites for hydroxylation is 2. The van der Waals surface area contributed by atoms with E-state index in [-0.39, 0.29) is 11.3 Å². The molecule has 0 radical (unpaired) electrons. The molecule has 1 saturated heterocycles. The van der Waals surface area contributed by atoms with E-state index in [9.17, 15) is 4.79 Å². The number of carbonyl (C=O) groups excluding carboxylic acids is 1. The molecular formula is C17H29N3OS. The summed E-state index contributed by atoms with van der Waals surface area (Å²) in [4.78, 5) is 21.0. The quantitative estimate of drug-likeness (QED) is 0.905. The topological polar surface area (TPSA) is 59.2 Å². The van der Waals surface area contributed by atoms with Crippen molar-refractivity contribution in [1.29, 1.82) is 0 Å². The Labute approximate surface area is 138 Å². The second-order valence-corrected chi connectivity index (χ2v) is 7.71. The minimum atomic E-state index is -0.378. The Kier molecular flexibility index (Phi) is 5.61. The van der Waals surface area contributed by atoms with Crippen LogP contribution in [0.5, 0.6) is 0 Å². The zero-order valence-electron chi connectivity index (χ0n) is 14.3. The number of nitrogens with two attached hydrogens (primary N) is 1. The Balaban J connectivity index is 2.14. The maximum absolute atomic E-state index is 13.0. The first-order valence-corrected chi connectivity index (χ1v) is 9.22. The van der Waals surface area contributed by atoms with Gasteiger partial charge in [-0.15, -0.1) is 11.3 Å². The molecule has 1 aliphatic rings. The first kappa shape index (κ1) is 17.4. The first-order chi connectivity index (χ1) is 10.5. The van der Waals surface area contributed by atoms with Crippen molar-refractivity contribution < 1.29 is 4.79 Å². The maximum Gasteiger partial charge on any atom is 0.230 e. The number of hydrogen-bond donors (Lipinski definition) is 1. The lowest BCUT2D eigenvalue weighted by Gasteiger charge is -2.39. The Morgan fingerprint density at radius 1 is 1.41 bits per heavy atom. The van der Waals surface area contributed by atoms with Gasteiger partial charge in [-0.2, -0.15) is 0 Å². The van der Waals surface area contributed by atoms with Crippen molar-refractivity contribution in [3.8, 4) is 0 Å². The summed E-state index contributed by atoms with van der Waals surface area (Å²) in [5.41, 5.74) is 6.70.